The number of aryl methyl sites for hydroxylation is 1. The summed E-state index contributed by atoms with van der Waals surface area (Å²) >= 11 is 0. The quantitative estimate of drug-likeness (QED) is 0.752. The van der Waals surface area contributed by atoms with Gasteiger partial charge in [0.05, 0.1) is 11.6 Å². The Hall–Kier alpha value is -3.17. The van der Waals surface area contributed by atoms with Gasteiger partial charge in [-0.05, 0) is 61.2 Å². The highest BCUT2D eigenvalue weighted by Crippen LogP contribution is 2.32. The van der Waals surface area contributed by atoms with Crippen LogP contribution in [-0.2, 0) is 7.05 Å². The molecule has 3 aromatic rings. The van der Waals surface area contributed by atoms with Crippen molar-refractivity contribution in [2.24, 2.45) is 7.05 Å². The number of nitrogens with zero attached hydrogens (tertiary/aromatic N) is 3. The van der Waals surface area contributed by atoms with E-state index in [2.05, 4.69) is 33.4 Å². The molecule has 2 N–H and O–H groups in total. The van der Waals surface area contributed by atoms with E-state index in [-0.39, 0.29) is 11.6 Å². The van der Waals surface area contributed by atoms with E-state index >= 15 is 0 Å². The molecule has 0 saturated carbocycles. The van der Waals surface area contributed by atoms with E-state index in [1.807, 2.05) is 24.3 Å². The molecule has 1 aliphatic heterocycles. The van der Waals surface area contributed by atoms with Gasteiger partial charge in [0.25, 0.3) is 5.91 Å². The number of amides is 1. The van der Waals surface area contributed by atoms with Crippen LogP contribution in [0.1, 0.15) is 40.4 Å². The van der Waals surface area contributed by atoms with Crippen molar-refractivity contribution in [1.29, 1.82) is 5.26 Å². The van der Waals surface area contributed by atoms with Crippen molar-refractivity contribution in [3.05, 3.63) is 59.5 Å². The van der Waals surface area contributed by atoms with Gasteiger partial charge in [-0.3, -0.25) is 9.78 Å². The molecule has 136 valence electrons. The largest absolute Gasteiger partial charge is 0.350 e. The fourth-order valence-corrected chi connectivity index (χ4v) is 3.76. The summed E-state index contributed by atoms with van der Waals surface area (Å²) in [5, 5.41) is 16.5. The maximum atomic E-state index is 12.5. The molecule has 1 saturated heterocycles. The van der Waals surface area contributed by atoms with Crippen LogP contribution in [0, 0.1) is 11.3 Å². The van der Waals surface area contributed by atoms with Crippen molar-refractivity contribution < 1.29 is 4.79 Å². The summed E-state index contributed by atoms with van der Waals surface area (Å²) in [6.07, 6.45) is 6.03. The van der Waals surface area contributed by atoms with Crippen molar-refractivity contribution in [3.8, 4) is 6.07 Å². The SMILES string of the molecule is Cn1cc(C2CCCNC2)c2cc(NC(=O)c3cc(C#N)ccn3)ccc21. The lowest BCUT2D eigenvalue weighted by Gasteiger charge is -2.22. The van der Waals surface area contributed by atoms with Crippen LogP contribution in [0.4, 0.5) is 5.69 Å². The third-order valence-electron chi connectivity index (χ3n) is 5.14. The second-order valence-corrected chi connectivity index (χ2v) is 6.97. The average molecular weight is 359 g/mol. The number of carbonyl (C=O) groups is 1. The minimum Gasteiger partial charge on any atom is -0.350 e. The number of anilines is 1. The number of aromatic nitrogens is 2. The minimum absolute atomic E-state index is 0.235. The highest BCUT2D eigenvalue weighted by Gasteiger charge is 2.20. The van der Waals surface area contributed by atoms with Gasteiger partial charge in [-0.15, -0.1) is 0 Å². The van der Waals surface area contributed by atoms with Gasteiger partial charge in [0.1, 0.15) is 5.69 Å². The molecule has 0 bridgehead atoms. The first-order valence-electron chi connectivity index (χ1n) is 9.13. The molecule has 6 nitrogen and oxygen atoms in total. The Morgan fingerprint density at radius 2 is 2.26 bits per heavy atom. The van der Waals surface area contributed by atoms with Crippen LogP contribution in [0.3, 0.4) is 0 Å². The summed E-state index contributed by atoms with van der Waals surface area (Å²) in [5.74, 6) is 0.172. The number of nitrogens with one attached hydrogen (secondary N) is 2. The van der Waals surface area contributed by atoms with Crippen LogP contribution < -0.4 is 10.6 Å². The Bertz CT molecular complexity index is 1040. The molecule has 27 heavy (non-hydrogen) atoms. The monoisotopic (exact) mass is 359 g/mol. The molecule has 1 aromatic carbocycles. The molecule has 3 heterocycles. The van der Waals surface area contributed by atoms with Gasteiger partial charge in [-0.1, -0.05) is 0 Å². The molecule has 2 aromatic heterocycles. The van der Waals surface area contributed by atoms with Gasteiger partial charge in [0.2, 0.25) is 0 Å². The molecule has 1 aliphatic rings. The van der Waals surface area contributed by atoms with E-state index < -0.39 is 0 Å². The molecule has 1 amide bonds. The zero-order valence-corrected chi connectivity index (χ0v) is 15.2. The van der Waals surface area contributed by atoms with Crippen molar-refractivity contribution in [1.82, 2.24) is 14.9 Å². The number of benzene rings is 1. The first kappa shape index (κ1) is 17.3. The van der Waals surface area contributed by atoms with Gasteiger partial charge in [-0.25, -0.2) is 0 Å². The fraction of sp³-hybridized carbons (Fsp3) is 0.286. The Morgan fingerprint density at radius 1 is 1.37 bits per heavy atom. The number of pyridine rings is 1. The Kier molecular flexibility index (Phi) is 4.61. The zero-order valence-electron chi connectivity index (χ0n) is 15.2. The number of carbonyl (C=O) groups excluding carboxylic acids is 1. The maximum absolute atomic E-state index is 12.5. The summed E-state index contributed by atoms with van der Waals surface area (Å²) < 4.78 is 2.14. The summed E-state index contributed by atoms with van der Waals surface area (Å²) in [6.45, 7) is 2.07. The highest BCUT2D eigenvalue weighted by molar-refractivity contribution is 6.04. The van der Waals surface area contributed by atoms with Gasteiger partial charge < -0.3 is 15.2 Å². The lowest BCUT2D eigenvalue weighted by atomic mass is 9.91. The van der Waals surface area contributed by atoms with Crippen LogP contribution in [0.2, 0.25) is 0 Å². The minimum atomic E-state index is -0.316. The molecule has 0 radical (unpaired) electrons. The van der Waals surface area contributed by atoms with Crippen LogP contribution in [0.5, 0.6) is 0 Å². The van der Waals surface area contributed by atoms with Crippen molar-refractivity contribution in [3.63, 3.8) is 0 Å². The summed E-state index contributed by atoms with van der Waals surface area (Å²) in [4.78, 5) is 16.6. The number of rotatable bonds is 3. The number of fused-ring (bicyclic) bond motifs is 1. The van der Waals surface area contributed by atoms with Crippen molar-refractivity contribution in [2.75, 3.05) is 18.4 Å². The van der Waals surface area contributed by atoms with Gasteiger partial charge in [-0.2, -0.15) is 5.26 Å². The van der Waals surface area contributed by atoms with E-state index in [1.54, 1.807) is 6.07 Å². The van der Waals surface area contributed by atoms with Crippen molar-refractivity contribution in [2.45, 2.75) is 18.8 Å². The predicted octanol–water partition coefficient (Wildman–Crippen LogP) is 3.16. The number of nitriles is 1. The molecule has 0 aliphatic carbocycles. The molecule has 0 spiro atoms. The molecule has 6 heteroatoms. The highest BCUT2D eigenvalue weighted by atomic mass is 16.1. The smallest absolute Gasteiger partial charge is 0.274 e. The fourth-order valence-electron chi connectivity index (χ4n) is 3.76. The number of hydrogen-bond acceptors (Lipinski definition) is 4. The van der Waals surface area contributed by atoms with Crippen LogP contribution in [-0.4, -0.2) is 28.5 Å². The summed E-state index contributed by atoms with van der Waals surface area (Å²) in [6, 6.07) is 11.1. The molecular formula is C21H21N5O. The van der Waals surface area contributed by atoms with E-state index in [0.29, 0.717) is 11.5 Å². The maximum Gasteiger partial charge on any atom is 0.274 e. The van der Waals surface area contributed by atoms with Gasteiger partial charge in [0.15, 0.2) is 0 Å². The first-order valence-corrected chi connectivity index (χ1v) is 9.13. The van der Waals surface area contributed by atoms with E-state index in [1.165, 1.54) is 36.1 Å². The average Bonchev–Trinajstić information content (AvgIpc) is 3.04. The van der Waals surface area contributed by atoms with Crippen LogP contribution in [0.15, 0.2) is 42.7 Å². The standard InChI is InChI=1S/C21H21N5O/c1-26-13-18(15-3-2-7-23-12-15)17-10-16(4-5-20(17)26)25-21(27)19-9-14(11-22)6-8-24-19/h4-6,8-10,13,15,23H,2-3,7,12H2,1H3,(H,25,27). The van der Waals surface area contributed by atoms with Crippen LogP contribution in [0.25, 0.3) is 10.9 Å². The van der Waals surface area contributed by atoms with Crippen molar-refractivity contribution >= 4 is 22.5 Å². The lowest BCUT2D eigenvalue weighted by Crippen LogP contribution is -2.28. The lowest BCUT2D eigenvalue weighted by molar-refractivity contribution is 0.102. The molecule has 4 rings (SSSR count). The second-order valence-electron chi connectivity index (χ2n) is 6.97. The Balaban J connectivity index is 1.64. The Labute approximate surface area is 157 Å². The number of hydrogen-bond donors (Lipinski definition) is 2. The van der Waals surface area contributed by atoms with Crippen LogP contribution >= 0.6 is 0 Å². The van der Waals surface area contributed by atoms with E-state index in [0.717, 1.165) is 24.3 Å². The van der Waals surface area contributed by atoms with E-state index in [9.17, 15) is 4.79 Å². The number of piperidine rings is 1. The predicted molar refractivity (Wildman–Crippen MR) is 105 cm³/mol. The Morgan fingerprint density at radius 3 is 3.04 bits per heavy atom. The normalized spacial score (nSPS) is 16.8. The summed E-state index contributed by atoms with van der Waals surface area (Å²) in [7, 11) is 2.05. The second kappa shape index (κ2) is 7.22. The van der Waals surface area contributed by atoms with E-state index in [4.69, 9.17) is 5.26 Å². The molecular weight excluding hydrogens is 338 g/mol. The van der Waals surface area contributed by atoms with Gasteiger partial charge in [0, 0.05) is 42.6 Å². The molecule has 1 unspecified atom stereocenters. The zero-order chi connectivity index (χ0) is 18.8. The summed E-state index contributed by atoms with van der Waals surface area (Å²) in [5.41, 5.74) is 3.85. The topological polar surface area (TPSA) is 82.7 Å². The van der Waals surface area contributed by atoms with Gasteiger partial charge >= 0.3 is 0 Å². The molecule has 1 fully saturated rings. The molecule has 1 atom stereocenters. The third-order valence-corrected chi connectivity index (χ3v) is 5.14. The third kappa shape index (κ3) is 3.42. The first-order chi connectivity index (χ1) is 13.2.